The van der Waals surface area contributed by atoms with Crippen molar-refractivity contribution in [3.63, 3.8) is 0 Å². The second kappa shape index (κ2) is 11.8. The molecule has 0 unspecified atom stereocenters. The maximum absolute atomic E-state index is 14.3. The van der Waals surface area contributed by atoms with Crippen LogP contribution in [-0.4, -0.2) is 64.5 Å². The highest BCUT2D eigenvalue weighted by Gasteiger charge is 2.57. The lowest BCUT2D eigenvalue weighted by atomic mass is 9.59. The summed E-state index contributed by atoms with van der Waals surface area (Å²) in [5, 5.41) is 11.3. The number of allylic oxidation sites excluding steroid dienone is 6. The molecule has 4 atom stereocenters. The van der Waals surface area contributed by atoms with E-state index in [0.717, 1.165) is 25.2 Å². The molecule has 0 saturated carbocycles. The second-order valence-electron chi connectivity index (χ2n) is 12.5. The highest BCUT2D eigenvalue weighted by atomic mass is 79.9. The maximum Gasteiger partial charge on any atom is 0.233 e. The Morgan fingerprint density at radius 1 is 0.978 bits per heavy atom. The number of Topliss-reactive ketones (excluding diaryl/α,β-unsaturated/α-hetero) is 1. The number of benzene rings is 2. The van der Waals surface area contributed by atoms with Crippen LogP contribution in [0.2, 0.25) is 0 Å². The molecule has 7 rings (SSSR count). The van der Waals surface area contributed by atoms with Crippen LogP contribution in [0.4, 0.5) is 0 Å². The first-order valence-electron chi connectivity index (χ1n) is 15.3. The van der Waals surface area contributed by atoms with Crippen LogP contribution in [0.15, 0.2) is 80.3 Å². The number of amides is 2. The molecule has 2 aromatic carbocycles. The number of imide groups is 1. The molecule has 0 radical (unpaired) electrons. The molecule has 45 heavy (non-hydrogen) atoms. The third-order valence-electron chi connectivity index (χ3n) is 10.1. The van der Waals surface area contributed by atoms with E-state index in [-0.39, 0.29) is 51.8 Å². The number of halogens is 2. The van der Waals surface area contributed by atoms with Gasteiger partial charge in [0, 0.05) is 58.9 Å². The average Bonchev–Trinajstić information content (AvgIpc) is 3.30. The fourth-order valence-electron chi connectivity index (χ4n) is 8.09. The highest BCUT2D eigenvalue weighted by Crippen LogP contribution is 2.57. The number of aromatic hydroxyl groups is 1. The van der Waals surface area contributed by atoms with E-state index < -0.39 is 23.7 Å². The lowest BCUT2D eigenvalue weighted by Gasteiger charge is -2.42. The summed E-state index contributed by atoms with van der Waals surface area (Å²) in [6.07, 6.45) is 5.21. The Balaban J connectivity index is 1.21. The van der Waals surface area contributed by atoms with Crippen molar-refractivity contribution in [2.75, 3.05) is 20.2 Å². The molecule has 2 amide bonds. The predicted octanol–water partition coefficient (Wildman–Crippen LogP) is 5.59. The van der Waals surface area contributed by atoms with Gasteiger partial charge in [-0.05, 0) is 65.2 Å². The number of carbonyl (C=O) groups excluding carboxylic acids is 4. The number of carbonyl (C=O) groups is 4. The first-order valence-corrected chi connectivity index (χ1v) is 16.8. The van der Waals surface area contributed by atoms with Gasteiger partial charge >= 0.3 is 0 Å². The first-order chi connectivity index (χ1) is 21.7. The summed E-state index contributed by atoms with van der Waals surface area (Å²) in [6.45, 7) is 2.41. The zero-order valence-electron chi connectivity index (χ0n) is 24.7. The topological polar surface area (TPSA) is 104 Å². The molecule has 0 spiro atoms. The van der Waals surface area contributed by atoms with Crippen molar-refractivity contribution in [1.29, 1.82) is 0 Å². The van der Waals surface area contributed by atoms with Crippen molar-refractivity contribution < 1.29 is 29.0 Å². The van der Waals surface area contributed by atoms with Crippen molar-refractivity contribution in [2.45, 2.75) is 44.2 Å². The number of fused-ring (bicyclic) bond motifs is 3. The Hall–Kier alpha value is -3.34. The van der Waals surface area contributed by atoms with E-state index in [4.69, 9.17) is 4.74 Å². The molecule has 2 fully saturated rings. The number of nitrogens with zero attached hydrogens (tertiary/aromatic N) is 2. The number of rotatable bonds is 5. The summed E-state index contributed by atoms with van der Waals surface area (Å²) in [5.74, 6) is -3.26. The second-order valence-corrected chi connectivity index (χ2v) is 14.2. The Morgan fingerprint density at radius 2 is 1.71 bits per heavy atom. The number of likely N-dealkylation sites (tertiary alicyclic amines) is 2. The van der Waals surface area contributed by atoms with Gasteiger partial charge in [-0.2, -0.15) is 0 Å². The predicted molar refractivity (Wildman–Crippen MR) is 174 cm³/mol. The monoisotopic (exact) mass is 734 g/mol. The first kappa shape index (κ1) is 30.3. The Labute approximate surface area is 278 Å². The van der Waals surface area contributed by atoms with Gasteiger partial charge in [-0.3, -0.25) is 29.0 Å². The molecule has 10 heteroatoms. The number of ether oxygens (including phenoxy) is 1. The van der Waals surface area contributed by atoms with E-state index in [9.17, 15) is 24.3 Å². The van der Waals surface area contributed by atoms with E-state index in [0.29, 0.717) is 40.4 Å². The summed E-state index contributed by atoms with van der Waals surface area (Å²) in [6, 6.07) is 13.5. The average molecular weight is 736 g/mol. The summed E-state index contributed by atoms with van der Waals surface area (Å²) >= 11 is 6.76. The molecule has 0 bridgehead atoms. The van der Waals surface area contributed by atoms with Crippen LogP contribution in [-0.2, 0) is 25.7 Å². The summed E-state index contributed by atoms with van der Waals surface area (Å²) in [5.41, 5.74) is 3.07. The quantitative estimate of drug-likeness (QED) is 0.243. The van der Waals surface area contributed by atoms with Gasteiger partial charge in [0.1, 0.15) is 0 Å². The standard InChI is InChI=1S/C35H32Br2N2O6/c1-45-28-14-19(36)13-24(33(28)42)29-21-7-8-22-30(23(21)15-25-31(29)27(40)16-26(37)32(25)41)35(44)39(34(22)43)20-9-11-38(12-10-20)17-18-5-3-2-4-6-18/h2-7,13-14,16,20,22-23,29-30,42H,8-12,15,17H2,1H3/t22-,23+,29+,30-/m0/s1. The van der Waals surface area contributed by atoms with Crippen molar-refractivity contribution in [3.05, 3.63) is 91.4 Å². The molecule has 8 nitrogen and oxygen atoms in total. The summed E-state index contributed by atoms with van der Waals surface area (Å²) in [7, 11) is 1.45. The van der Waals surface area contributed by atoms with Crippen molar-refractivity contribution >= 4 is 55.2 Å². The minimum Gasteiger partial charge on any atom is -0.504 e. The van der Waals surface area contributed by atoms with Gasteiger partial charge in [-0.25, -0.2) is 0 Å². The molecule has 2 aliphatic heterocycles. The fraction of sp³-hybridized carbons (Fsp3) is 0.371. The largest absolute Gasteiger partial charge is 0.504 e. The molecular formula is C35H32Br2N2O6. The molecule has 5 aliphatic rings. The smallest absolute Gasteiger partial charge is 0.233 e. The summed E-state index contributed by atoms with van der Waals surface area (Å²) in [4.78, 5) is 59.2. The number of phenols is 1. The lowest BCUT2D eigenvalue weighted by Crippen LogP contribution is -2.47. The molecule has 0 aromatic heterocycles. The third-order valence-corrected chi connectivity index (χ3v) is 11.2. The number of ketones is 2. The van der Waals surface area contributed by atoms with E-state index in [1.807, 2.05) is 24.3 Å². The molecular weight excluding hydrogens is 704 g/mol. The van der Waals surface area contributed by atoms with Crippen LogP contribution < -0.4 is 4.74 Å². The van der Waals surface area contributed by atoms with Crippen LogP contribution >= 0.6 is 31.9 Å². The van der Waals surface area contributed by atoms with E-state index in [2.05, 4.69) is 48.9 Å². The van der Waals surface area contributed by atoms with Crippen molar-refractivity contribution in [2.24, 2.45) is 17.8 Å². The molecule has 3 aliphatic carbocycles. The molecule has 2 saturated heterocycles. The van der Waals surface area contributed by atoms with Gasteiger partial charge < -0.3 is 9.84 Å². The minimum atomic E-state index is -0.766. The van der Waals surface area contributed by atoms with E-state index >= 15 is 0 Å². The SMILES string of the molecule is COc1cc(Br)cc([C@H]2C3=CC[C@@H]4C(=O)N(C5CCN(Cc6ccccc6)CC5)C(=O)[C@@H]4[C@@H]3CC3=C2C(=O)C=C(Br)C3=O)c1O. The van der Waals surface area contributed by atoms with Crippen molar-refractivity contribution in [1.82, 2.24) is 9.80 Å². The third kappa shape index (κ3) is 5.05. The molecule has 1 N–H and O–H groups in total. The number of hydrogen-bond donors (Lipinski definition) is 1. The number of piperidine rings is 1. The molecule has 2 aromatic rings. The van der Waals surface area contributed by atoms with Crippen LogP contribution in [0.1, 0.15) is 42.7 Å². The zero-order chi connectivity index (χ0) is 31.6. The Bertz CT molecular complexity index is 1720. The van der Waals surface area contributed by atoms with Crippen LogP contribution in [0, 0.1) is 17.8 Å². The number of hydrogen-bond acceptors (Lipinski definition) is 7. The normalized spacial score (nSPS) is 27.2. The fourth-order valence-corrected chi connectivity index (χ4v) is 9.00. The number of methoxy groups -OCH3 is 1. The zero-order valence-corrected chi connectivity index (χ0v) is 27.8. The Kier molecular flexibility index (Phi) is 7.94. The lowest BCUT2D eigenvalue weighted by molar-refractivity contribution is -0.144. The van der Waals surface area contributed by atoms with Gasteiger partial charge in [0.15, 0.2) is 23.1 Å². The molecule has 2 heterocycles. The van der Waals surface area contributed by atoms with Crippen LogP contribution in [0.5, 0.6) is 11.5 Å². The van der Waals surface area contributed by atoms with Crippen molar-refractivity contribution in [3.8, 4) is 11.5 Å². The van der Waals surface area contributed by atoms with Gasteiger partial charge in [0.25, 0.3) is 0 Å². The van der Waals surface area contributed by atoms with E-state index in [1.54, 1.807) is 12.1 Å². The number of phenolic OH excluding ortho intramolecular Hbond substituents is 1. The van der Waals surface area contributed by atoms with Gasteiger partial charge in [-0.1, -0.05) is 57.9 Å². The van der Waals surface area contributed by atoms with Gasteiger partial charge in [0.2, 0.25) is 11.8 Å². The molecule has 232 valence electrons. The highest BCUT2D eigenvalue weighted by molar-refractivity contribution is 9.12. The van der Waals surface area contributed by atoms with Crippen LogP contribution in [0.3, 0.4) is 0 Å². The Morgan fingerprint density at radius 3 is 2.42 bits per heavy atom. The van der Waals surface area contributed by atoms with Gasteiger partial charge in [-0.15, -0.1) is 0 Å². The van der Waals surface area contributed by atoms with Crippen LogP contribution in [0.25, 0.3) is 0 Å². The van der Waals surface area contributed by atoms with Gasteiger partial charge in [0.05, 0.1) is 23.4 Å². The van der Waals surface area contributed by atoms with E-state index in [1.165, 1.54) is 23.6 Å². The maximum atomic E-state index is 14.3. The summed E-state index contributed by atoms with van der Waals surface area (Å²) < 4.78 is 6.22. The minimum absolute atomic E-state index is 0.132.